The first kappa shape index (κ1) is 19.6. The maximum atomic E-state index is 13.0. The molecule has 0 bridgehead atoms. The molecule has 1 aliphatic carbocycles. The summed E-state index contributed by atoms with van der Waals surface area (Å²) >= 11 is 3.34. The number of hydrogen-bond acceptors (Lipinski definition) is 5. The number of amides is 2. The Morgan fingerprint density at radius 2 is 2.07 bits per heavy atom. The van der Waals surface area contributed by atoms with Gasteiger partial charge in [-0.15, -0.1) is 0 Å². The third-order valence-electron chi connectivity index (χ3n) is 5.44. The van der Waals surface area contributed by atoms with Crippen LogP contribution in [0.5, 0.6) is 0 Å². The predicted octanol–water partition coefficient (Wildman–Crippen LogP) is 3.74. The second-order valence-electron chi connectivity index (χ2n) is 7.38. The van der Waals surface area contributed by atoms with Crippen LogP contribution in [-0.4, -0.2) is 38.8 Å². The Labute approximate surface area is 177 Å². The normalized spacial score (nSPS) is 20.9. The van der Waals surface area contributed by atoms with Crippen LogP contribution in [0.3, 0.4) is 0 Å². The van der Waals surface area contributed by atoms with Crippen LogP contribution in [0.2, 0.25) is 0 Å². The average Bonchev–Trinajstić information content (AvgIpc) is 3.06. The van der Waals surface area contributed by atoms with Crippen molar-refractivity contribution in [1.29, 1.82) is 0 Å². The fourth-order valence-electron chi connectivity index (χ4n) is 4.04. The summed E-state index contributed by atoms with van der Waals surface area (Å²) in [5.41, 5.74) is 2.27. The van der Waals surface area contributed by atoms with E-state index < -0.39 is 0 Å². The van der Waals surface area contributed by atoms with Crippen LogP contribution in [-0.2, 0) is 11.3 Å². The Morgan fingerprint density at radius 1 is 1.28 bits per heavy atom. The lowest BCUT2D eigenvalue weighted by Gasteiger charge is -2.35. The highest BCUT2D eigenvalue weighted by molar-refractivity contribution is 9.10. The van der Waals surface area contributed by atoms with E-state index >= 15 is 0 Å². The zero-order valence-electron chi connectivity index (χ0n) is 15.9. The maximum absolute atomic E-state index is 13.0. The average molecular weight is 456 g/mol. The molecule has 2 amide bonds. The van der Waals surface area contributed by atoms with Gasteiger partial charge in [0, 0.05) is 42.3 Å². The van der Waals surface area contributed by atoms with E-state index in [2.05, 4.69) is 43.1 Å². The molecule has 1 aliphatic heterocycles. The van der Waals surface area contributed by atoms with Crippen LogP contribution in [0.25, 0.3) is 0 Å². The number of halogens is 1. The SMILES string of the molecule is C=CC(=O)Nc1ccc2c(c1)C(=O)N([C@H]1CCC[C@@H](Nc3ncc(Br)cn3)C1)C2. The summed E-state index contributed by atoms with van der Waals surface area (Å²) in [5, 5.41) is 6.12. The van der Waals surface area contributed by atoms with Crippen LogP contribution < -0.4 is 10.6 Å². The molecule has 2 heterocycles. The van der Waals surface area contributed by atoms with Crippen LogP contribution in [0, 0.1) is 0 Å². The number of fused-ring (bicyclic) bond motifs is 1. The Bertz CT molecular complexity index is 947. The maximum Gasteiger partial charge on any atom is 0.254 e. The van der Waals surface area contributed by atoms with Crippen LogP contribution >= 0.6 is 15.9 Å². The first-order valence-corrected chi connectivity index (χ1v) is 10.4. The van der Waals surface area contributed by atoms with Gasteiger partial charge in [0.2, 0.25) is 11.9 Å². The van der Waals surface area contributed by atoms with Crippen molar-refractivity contribution in [2.75, 3.05) is 10.6 Å². The molecule has 4 rings (SSSR count). The molecular formula is C21H22BrN5O2. The number of rotatable bonds is 5. The Kier molecular flexibility index (Phi) is 5.62. The molecule has 29 heavy (non-hydrogen) atoms. The topological polar surface area (TPSA) is 87.2 Å². The summed E-state index contributed by atoms with van der Waals surface area (Å²) in [6.07, 6.45) is 8.57. The van der Waals surface area contributed by atoms with Crippen LogP contribution in [0.4, 0.5) is 11.6 Å². The van der Waals surface area contributed by atoms with E-state index in [-0.39, 0.29) is 23.9 Å². The van der Waals surface area contributed by atoms with E-state index in [9.17, 15) is 9.59 Å². The monoisotopic (exact) mass is 455 g/mol. The molecule has 0 radical (unpaired) electrons. The minimum atomic E-state index is -0.288. The standard InChI is InChI=1S/C21H22BrN5O2/c1-2-19(28)25-16-7-6-13-12-27(20(29)18(13)9-16)17-5-3-4-15(8-17)26-21-23-10-14(22)11-24-21/h2,6-7,9-11,15,17H,1,3-5,8,12H2,(H,25,28)(H,23,24,26)/t15-,17+/m1/s1. The fraction of sp³-hybridized carbons (Fsp3) is 0.333. The largest absolute Gasteiger partial charge is 0.351 e. The molecular weight excluding hydrogens is 434 g/mol. The lowest BCUT2D eigenvalue weighted by atomic mass is 9.90. The molecule has 8 heteroatoms. The van der Waals surface area contributed by atoms with Gasteiger partial charge in [-0.2, -0.15) is 0 Å². The van der Waals surface area contributed by atoms with Crippen LogP contribution in [0.1, 0.15) is 41.6 Å². The van der Waals surface area contributed by atoms with Gasteiger partial charge < -0.3 is 15.5 Å². The second kappa shape index (κ2) is 8.32. The molecule has 0 spiro atoms. The second-order valence-corrected chi connectivity index (χ2v) is 8.30. The molecule has 2 atom stereocenters. The first-order chi connectivity index (χ1) is 14.0. The van der Waals surface area contributed by atoms with Gasteiger partial charge in [-0.05, 0) is 65.4 Å². The number of aromatic nitrogens is 2. The summed E-state index contributed by atoms with van der Waals surface area (Å²) in [4.78, 5) is 35.1. The number of carbonyl (C=O) groups excluding carboxylic acids is 2. The van der Waals surface area contributed by atoms with Gasteiger partial charge >= 0.3 is 0 Å². The zero-order chi connectivity index (χ0) is 20.4. The van der Waals surface area contributed by atoms with Gasteiger partial charge in [-0.25, -0.2) is 9.97 Å². The summed E-state index contributed by atoms with van der Waals surface area (Å²) in [6.45, 7) is 4.06. The summed E-state index contributed by atoms with van der Waals surface area (Å²) in [5.74, 6) is 0.348. The molecule has 0 saturated heterocycles. The molecule has 1 fully saturated rings. The van der Waals surface area contributed by atoms with E-state index in [1.165, 1.54) is 6.08 Å². The van der Waals surface area contributed by atoms with Crippen LogP contribution in [0.15, 0.2) is 47.7 Å². The van der Waals surface area contributed by atoms with E-state index in [0.29, 0.717) is 23.7 Å². The molecule has 0 unspecified atom stereocenters. The highest BCUT2D eigenvalue weighted by Crippen LogP contribution is 2.33. The van der Waals surface area contributed by atoms with Gasteiger partial charge in [-0.1, -0.05) is 12.6 Å². The van der Waals surface area contributed by atoms with Crippen molar-refractivity contribution in [2.45, 2.75) is 44.3 Å². The number of hydrogen-bond donors (Lipinski definition) is 2. The van der Waals surface area contributed by atoms with Crippen molar-refractivity contribution >= 4 is 39.4 Å². The summed E-state index contributed by atoms with van der Waals surface area (Å²) in [7, 11) is 0. The van der Waals surface area contributed by atoms with Crippen molar-refractivity contribution in [3.05, 3.63) is 58.8 Å². The molecule has 2 aliphatic rings. The molecule has 1 saturated carbocycles. The van der Waals surface area contributed by atoms with E-state index in [1.807, 2.05) is 17.0 Å². The molecule has 2 aromatic rings. The number of nitrogens with zero attached hydrogens (tertiary/aromatic N) is 3. The molecule has 1 aromatic carbocycles. The lowest BCUT2D eigenvalue weighted by Crippen LogP contribution is -2.42. The third-order valence-corrected chi connectivity index (χ3v) is 5.85. The highest BCUT2D eigenvalue weighted by Gasteiger charge is 2.35. The van der Waals surface area contributed by atoms with Gasteiger partial charge in [0.25, 0.3) is 5.91 Å². The number of anilines is 2. The number of benzene rings is 1. The number of carbonyl (C=O) groups is 2. The Morgan fingerprint density at radius 3 is 2.83 bits per heavy atom. The smallest absolute Gasteiger partial charge is 0.254 e. The van der Waals surface area contributed by atoms with Gasteiger partial charge in [0.05, 0.1) is 4.47 Å². The van der Waals surface area contributed by atoms with Gasteiger partial charge in [0.15, 0.2) is 0 Å². The minimum Gasteiger partial charge on any atom is -0.351 e. The first-order valence-electron chi connectivity index (χ1n) is 9.65. The van der Waals surface area contributed by atoms with E-state index in [4.69, 9.17) is 0 Å². The number of nitrogens with one attached hydrogen (secondary N) is 2. The molecule has 150 valence electrons. The molecule has 7 nitrogen and oxygen atoms in total. The van der Waals surface area contributed by atoms with Crippen molar-refractivity contribution in [2.24, 2.45) is 0 Å². The molecule has 1 aromatic heterocycles. The van der Waals surface area contributed by atoms with E-state index in [1.54, 1.807) is 18.5 Å². The molecule has 2 N–H and O–H groups in total. The van der Waals surface area contributed by atoms with Gasteiger partial charge in [0.1, 0.15) is 0 Å². The van der Waals surface area contributed by atoms with Crippen molar-refractivity contribution in [3.63, 3.8) is 0 Å². The minimum absolute atomic E-state index is 0.0280. The Balaban J connectivity index is 1.44. The van der Waals surface area contributed by atoms with Crippen molar-refractivity contribution in [1.82, 2.24) is 14.9 Å². The predicted molar refractivity (Wildman–Crippen MR) is 115 cm³/mol. The van der Waals surface area contributed by atoms with E-state index in [0.717, 1.165) is 35.7 Å². The summed E-state index contributed by atoms with van der Waals surface area (Å²) in [6, 6.07) is 5.90. The lowest BCUT2D eigenvalue weighted by molar-refractivity contribution is -0.111. The Hall–Kier alpha value is -2.74. The van der Waals surface area contributed by atoms with Gasteiger partial charge in [-0.3, -0.25) is 9.59 Å². The van der Waals surface area contributed by atoms with Crippen molar-refractivity contribution < 1.29 is 9.59 Å². The fourth-order valence-corrected chi connectivity index (χ4v) is 4.24. The summed E-state index contributed by atoms with van der Waals surface area (Å²) < 4.78 is 0.841. The zero-order valence-corrected chi connectivity index (χ0v) is 17.5. The quantitative estimate of drug-likeness (QED) is 0.670. The third kappa shape index (κ3) is 4.32. The van der Waals surface area contributed by atoms with Crippen molar-refractivity contribution in [3.8, 4) is 0 Å². The highest BCUT2D eigenvalue weighted by atomic mass is 79.9.